The predicted molar refractivity (Wildman–Crippen MR) is 103 cm³/mol. The van der Waals surface area contributed by atoms with E-state index in [-0.39, 0.29) is 17.7 Å². The Balaban J connectivity index is 1.88. The molecule has 1 aliphatic rings. The van der Waals surface area contributed by atoms with Crippen molar-refractivity contribution in [3.05, 3.63) is 64.7 Å². The molecule has 0 radical (unpaired) electrons. The van der Waals surface area contributed by atoms with E-state index in [0.29, 0.717) is 12.0 Å². The maximum absolute atomic E-state index is 12.9. The molecule has 0 fully saturated rings. The largest absolute Gasteiger partial charge is 0.448 e. The fourth-order valence-electron chi connectivity index (χ4n) is 3.38. The second-order valence-corrected chi connectivity index (χ2v) is 7.37. The number of ether oxygens (including phenoxy) is 1. The van der Waals surface area contributed by atoms with Crippen LogP contribution in [0.4, 0.5) is 5.69 Å². The van der Waals surface area contributed by atoms with Gasteiger partial charge < -0.3 is 10.1 Å². The first-order valence-corrected chi connectivity index (χ1v) is 9.11. The van der Waals surface area contributed by atoms with Crippen molar-refractivity contribution in [2.24, 2.45) is 0 Å². The van der Waals surface area contributed by atoms with Crippen LogP contribution in [0.2, 0.25) is 0 Å². The first-order chi connectivity index (χ1) is 12.4. The number of carbonyl (C=O) groups excluding carboxylic acids is 2. The van der Waals surface area contributed by atoms with Gasteiger partial charge in [-0.25, -0.2) is 4.79 Å². The summed E-state index contributed by atoms with van der Waals surface area (Å²) < 4.78 is 5.40. The van der Waals surface area contributed by atoms with Crippen LogP contribution in [0.5, 0.6) is 0 Å². The second-order valence-electron chi connectivity index (χ2n) is 7.37. The summed E-state index contributed by atoms with van der Waals surface area (Å²) >= 11 is 0. The van der Waals surface area contributed by atoms with Crippen LogP contribution < -0.4 is 5.32 Å². The molecule has 3 rings (SSSR count). The van der Waals surface area contributed by atoms with Crippen molar-refractivity contribution in [1.82, 2.24) is 0 Å². The smallest absolute Gasteiger partial charge is 0.339 e. The lowest BCUT2D eigenvalue weighted by Crippen LogP contribution is -2.38. The van der Waals surface area contributed by atoms with Crippen LogP contribution in [0.25, 0.3) is 0 Å². The number of nitrogens with one attached hydrogen (secondary N) is 1. The molecule has 0 saturated carbocycles. The van der Waals surface area contributed by atoms with Crippen LogP contribution in [-0.2, 0) is 16.0 Å². The Morgan fingerprint density at radius 3 is 2.23 bits per heavy atom. The van der Waals surface area contributed by atoms with Crippen molar-refractivity contribution in [1.29, 1.82) is 0 Å². The Kier molecular flexibility index (Phi) is 5.12. The summed E-state index contributed by atoms with van der Waals surface area (Å²) in [6.45, 7) is 8.41. The molecule has 2 aromatic carbocycles. The Hall–Kier alpha value is -2.62. The van der Waals surface area contributed by atoms with Crippen LogP contribution in [0.3, 0.4) is 0 Å². The van der Waals surface area contributed by atoms with Crippen LogP contribution >= 0.6 is 0 Å². The highest BCUT2D eigenvalue weighted by molar-refractivity contribution is 6.00. The lowest BCUT2D eigenvalue weighted by Gasteiger charge is -2.26. The van der Waals surface area contributed by atoms with E-state index in [0.717, 1.165) is 22.4 Å². The summed E-state index contributed by atoms with van der Waals surface area (Å²) in [6, 6.07) is 13.4. The SMILES string of the molecule is CC(C)c1cccc(C(C)C)c1NC(=O)[C@H]1Cc2ccccc2C(=O)O1. The van der Waals surface area contributed by atoms with E-state index in [1.165, 1.54) is 0 Å². The Labute approximate surface area is 154 Å². The minimum atomic E-state index is -0.808. The average Bonchev–Trinajstić information content (AvgIpc) is 2.61. The van der Waals surface area contributed by atoms with Crippen molar-refractivity contribution in [2.75, 3.05) is 5.32 Å². The van der Waals surface area contributed by atoms with Gasteiger partial charge in [-0.05, 0) is 34.6 Å². The maximum atomic E-state index is 12.9. The summed E-state index contributed by atoms with van der Waals surface area (Å²) in [6.07, 6.45) is -0.410. The van der Waals surface area contributed by atoms with Gasteiger partial charge in [0, 0.05) is 12.1 Å². The number of rotatable bonds is 4. The number of fused-ring (bicyclic) bond motifs is 1. The number of cyclic esters (lactones) is 1. The molecule has 136 valence electrons. The number of benzene rings is 2. The monoisotopic (exact) mass is 351 g/mol. The minimum Gasteiger partial charge on any atom is -0.448 e. The van der Waals surface area contributed by atoms with Crippen LogP contribution in [0, 0.1) is 0 Å². The van der Waals surface area contributed by atoms with Gasteiger partial charge in [-0.2, -0.15) is 0 Å². The standard InChI is InChI=1S/C22H25NO3/c1-13(2)16-10-7-11-17(14(3)4)20(16)23-21(24)19-12-15-8-5-6-9-18(15)22(25)26-19/h5-11,13-14,19H,12H2,1-4H3,(H,23,24)/t19-/m1/s1. The predicted octanol–water partition coefficient (Wildman–Crippen LogP) is 4.65. The van der Waals surface area contributed by atoms with Gasteiger partial charge in [-0.3, -0.25) is 4.79 Å². The van der Waals surface area contributed by atoms with Gasteiger partial charge in [0.25, 0.3) is 5.91 Å². The summed E-state index contributed by atoms with van der Waals surface area (Å²) in [5.74, 6) is -0.159. The lowest BCUT2D eigenvalue weighted by atomic mass is 9.92. The van der Waals surface area contributed by atoms with Gasteiger partial charge >= 0.3 is 5.97 Å². The number of amides is 1. The van der Waals surface area contributed by atoms with Crippen molar-refractivity contribution < 1.29 is 14.3 Å². The number of carbonyl (C=O) groups is 2. The highest BCUT2D eigenvalue weighted by Gasteiger charge is 2.31. The zero-order chi connectivity index (χ0) is 18.8. The van der Waals surface area contributed by atoms with E-state index in [1.807, 2.05) is 30.3 Å². The molecule has 4 nitrogen and oxygen atoms in total. The molecule has 1 heterocycles. The number of hydrogen-bond donors (Lipinski definition) is 1. The van der Waals surface area contributed by atoms with E-state index >= 15 is 0 Å². The third-order valence-electron chi connectivity index (χ3n) is 4.81. The molecule has 1 aliphatic heterocycles. The molecule has 1 N–H and O–H groups in total. The van der Waals surface area contributed by atoms with E-state index in [4.69, 9.17) is 4.74 Å². The first kappa shape index (κ1) is 18.2. The van der Waals surface area contributed by atoms with Gasteiger partial charge in [-0.1, -0.05) is 64.1 Å². The Morgan fingerprint density at radius 1 is 1.00 bits per heavy atom. The number of hydrogen-bond acceptors (Lipinski definition) is 3. The molecule has 0 spiro atoms. The molecule has 0 saturated heterocycles. The Bertz CT molecular complexity index is 813. The maximum Gasteiger partial charge on any atom is 0.339 e. The van der Waals surface area contributed by atoms with Gasteiger partial charge in [0.15, 0.2) is 6.10 Å². The van der Waals surface area contributed by atoms with Gasteiger partial charge in [-0.15, -0.1) is 0 Å². The molecule has 1 amide bonds. The summed E-state index contributed by atoms with van der Waals surface area (Å²) in [7, 11) is 0. The lowest BCUT2D eigenvalue weighted by molar-refractivity contribution is -0.125. The van der Waals surface area contributed by atoms with Gasteiger partial charge in [0.1, 0.15) is 0 Å². The fraction of sp³-hybridized carbons (Fsp3) is 0.364. The molecule has 0 aromatic heterocycles. The quantitative estimate of drug-likeness (QED) is 0.816. The van der Waals surface area contributed by atoms with E-state index in [2.05, 4.69) is 33.0 Å². The number of anilines is 1. The molecule has 0 unspecified atom stereocenters. The molecule has 2 aromatic rings. The number of esters is 1. The van der Waals surface area contributed by atoms with E-state index in [9.17, 15) is 9.59 Å². The topological polar surface area (TPSA) is 55.4 Å². The fourth-order valence-corrected chi connectivity index (χ4v) is 3.38. The zero-order valence-corrected chi connectivity index (χ0v) is 15.7. The van der Waals surface area contributed by atoms with Crippen molar-refractivity contribution in [2.45, 2.75) is 52.1 Å². The van der Waals surface area contributed by atoms with Crippen LogP contribution in [-0.4, -0.2) is 18.0 Å². The molecule has 0 bridgehead atoms. The molecular weight excluding hydrogens is 326 g/mol. The summed E-state index contributed by atoms with van der Waals surface area (Å²) in [5, 5.41) is 3.05. The molecule has 0 aliphatic carbocycles. The van der Waals surface area contributed by atoms with Crippen molar-refractivity contribution >= 4 is 17.6 Å². The van der Waals surface area contributed by atoms with Gasteiger partial charge in [0.2, 0.25) is 0 Å². The average molecular weight is 351 g/mol. The second kappa shape index (κ2) is 7.32. The first-order valence-electron chi connectivity index (χ1n) is 9.11. The summed E-state index contributed by atoms with van der Waals surface area (Å²) in [4.78, 5) is 25.1. The summed E-state index contributed by atoms with van der Waals surface area (Å²) in [5.41, 5.74) is 4.42. The highest BCUT2D eigenvalue weighted by atomic mass is 16.5. The van der Waals surface area contributed by atoms with Crippen LogP contribution in [0.1, 0.15) is 66.6 Å². The zero-order valence-electron chi connectivity index (χ0n) is 15.7. The van der Waals surface area contributed by atoms with Crippen molar-refractivity contribution in [3.8, 4) is 0 Å². The normalized spacial score (nSPS) is 16.4. The molecular formula is C22H25NO3. The van der Waals surface area contributed by atoms with Crippen LogP contribution in [0.15, 0.2) is 42.5 Å². The molecule has 1 atom stereocenters. The third kappa shape index (κ3) is 3.50. The van der Waals surface area contributed by atoms with Crippen molar-refractivity contribution in [3.63, 3.8) is 0 Å². The molecule has 26 heavy (non-hydrogen) atoms. The minimum absolute atomic E-state index is 0.275. The molecule has 4 heteroatoms. The van der Waals surface area contributed by atoms with Gasteiger partial charge in [0.05, 0.1) is 5.56 Å². The van der Waals surface area contributed by atoms with E-state index < -0.39 is 12.1 Å². The van der Waals surface area contributed by atoms with E-state index in [1.54, 1.807) is 12.1 Å². The number of para-hydroxylation sites is 1. The Morgan fingerprint density at radius 2 is 1.62 bits per heavy atom. The highest BCUT2D eigenvalue weighted by Crippen LogP contribution is 2.33. The third-order valence-corrected chi connectivity index (χ3v) is 4.81.